The minimum atomic E-state index is -3.69. The van der Waals surface area contributed by atoms with E-state index < -0.39 is 27.9 Å². The summed E-state index contributed by atoms with van der Waals surface area (Å²) >= 11 is 1.10. The first kappa shape index (κ1) is 23.3. The van der Waals surface area contributed by atoms with Gasteiger partial charge >= 0.3 is 5.97 Å². The van der Waals surface area contributed by atoms with Crippen molar-refractivity contribution in [1.29, 1.82) is 0 Å². The second-order valence-corrected chi connectivity index (χ2v) is 9.45. The van der Waals surface area contributed by atoms with Gasteiger partial charge in [-0.1, -0.05) is 6.07 Å². The maximum absolute atomic E-state index is 12.7. The third-order valence-corrected chi connectivity index (χ3v) is 7.24. The zero-order valence-electron chi connectivity index (χ0n) is 17.5. The molecule has 0 spiro atoms. The first-order chi connectivity index (χ1) is 15.2. The molecule has 0 amide bonds. The fourth-order valence-corrected chi connectivity index (χ4v) is 4.85. The maximum Gasteiger partial charge on any atom is 0.338 e. The van der Waals surface area contributed by atoms with Gasteiger partial charge in [-0.15, -0.1) is 11.3 Å². The molecule has 0 saturated carbocycles. The molecule has 32 heavy (non-hydrogen) atoms. The highest BCUT2D eigenvalue weighted by atomic mass is 32.2. The van der Waals surface area contributed by atoms with Crippen LogP contribution in [-0.2, 0) is 14.8 Å². The normalized spacial score (nSPS) is 12.0. The van der Waals surface area contributed by atoms with E-state index in [1.54, 1.807) is 29.6 Å². The maximum atomic E-state index is 12.7. The molecule has 1 N–H and O–H groups in total. The van der Waals surface area contributed by atoms with Crippen molar-refractivity contribution in [2.75, 3.05) is 18.9 Å². The smallest absolute Gasteiger partial charge is 0.338 e. The fraction of sp³-hybridized carbons (Fsp3) is 0.182. The van der Waals surface area contributed by atoms with Crippen LogP contribution in [0.3, 0.4) is 0 Å². The van der Waals surface area contributed by atoms with Crippen molar-refractivity contribution in [2.45, 2.75) is 17.2 Å². The van der Waals surface area contributed by atoms with Gasteiger partial charge in [-0.3, -0.25) is 9.52 Å². The average molecular weight is 476 g/mol. The van der Waals surface area contributed by atoms with E-state index in [-0.39, 0.29) is 15.3 Å². The number of methoxy groups -OCH3 is 2. The first-order valence-electron chi connectivity index (χ1n) is 9.38. The Morgan fingerprint density at radius 3 is 2.31 bits per heavy atom. The van der Waals surface area contributed by atoms with Gasteiger partial charge in [-0.05, 0) is 54.8 Å². The first-order valence-corrected chi connectivity index (χ1v) is 11.7. The molecule has 0 bridgehead atoms. The fourth-order valence-electron chi connectivity index (χ4n) is 2.80. The summed E-state index contributed by atoms with van der Waals surface area (Å²) in [7, 11) is -0.763. The van der Waals surface area contributed by atoms with Gasteiger partial charge in [0.15, 0.2) is 6.10 Å². The molecule has 0 fully saturated rings. The van der Waals surface area contributed by atoms with Gasteiger partial charge in [0.25, 0.3) is 10.0 Å². The standard InChI is InChI=1S/C22H21NO7S2/c1-14(21(24)18-11-10-17(28-2)13-19(18)29-3)30-22(25)15-6-8-16(9-7-15)23-32(26,27)20-5-4-12-31-20/h4-14,23H,1-3H3/t14-/m0/s1. The Bertz CT molecular complexity index is 1200. The summed E-state index contributed by atoms with van der Waals surface area (Å²) in [6.07, 6.45) is -1.07. The number of rotatable bonds is 9. The zero-order chi connectivity index (χ0) is 23.3. The van der Waals surface area contributed by atoms with Gasteiger partial charge in [-0.25, -0.2) is 13.2 Å². The number of benzene rings is 2. The molecular weight excluding hydrogens is 454 g/mol. The van der Waals surface area contributed by atoms with Crippen molar-refractivity contribution in [3.05, 3.63) is 71.1 Å². The van der Waals surface area contributed by atoms with Gasteiger partial charge in [0.05, 0.1) is 25.3 Å². The van der Waals surface area contributed by atoms with Crippen molar-refractivity contribution in [3.8, 4) is 11.5 Å². The highest BCUT2D eigenvalue weighted by Gasteiger charge is 2.24. The zero-order valence-corrected chi connectivity index (χ0v) is 19.2. The van der Waals surface area contributed by atoms with Crippen molar-refractivity contribution >= 4 is 38.8 Å². The van der Waals surface area contributed by atoms with Crippen LogP contribution in [0.2, 0.25) is 0 Å². The molecule has 1 atom stereocenters. The molecule has 3 aromatic rings. The molecule has 10 heteroatoms. The molecule has 1 aromatic heterocycles. The van der Waals surface area contributed by atoms with Crippen LogP contribution in [0.15, 0.2) is 64.2 Å². The number of carbonyl (C=O) groups excluding carboxylic acids is 2. The average Bonchev–Trinajstić information content (AvgIpc) is 3.34. The van der Waals surface area contributed by atoms with Gasteiger partial charge in [0.2, 0.25) is 5.78 Å². The largest absolute Gasteiger partial charge is 0.497 e. The Morgan fingerprint density at radius 1 is 1.00 bits per heavy atom. The van der Waals surface area contributed by atoms with Gasteiger partial charge in [0, 0.05) is 11.8 Å². The highest BCUT2D eigenvalue weighted by Crippen LogP contribution is 2.26. The summed E-state index contributed by atoms with van der Waals surface area (Å²) < 4.78 is 42.8. The number of anilines is 1. The topological polar surface area (TPSA) is 108 Å². The molecule has 0 aliphatic rings. The minimum Gasteiger partial charge on any atom is -0.497 e. The summed E-state index contributed by atoms with van der Waals surface area (Å²) in [6.45, 7) is 1.47. The van der Waals surface area contributed by atoms with Crippen LogP contribution in [0.25, 0.3) is 0 Å². The van der Waals surface area contributed by atoms with Crippen molar-refractivity contribution in [2.24, 2.45) is 0 Å². The lowest BCUT2D eigenvalue weighted by molar-refractivity contribution is 0.0317. The Hall–Kier alpha value is -3.37. The number of Topliss-reactive ketones (excluding diaryl/α,β-unsaturated/α-hetero) is 1. The summed E-state index contributed by atoms with van der Waals surface area (Å²) in [5, 5.41) is 1.66. The monoisotopic (exact) mass is 475 g/mol. The predicted molar refractivity (Wildman–Crippen MR) is 120 cm³/mol. The number of thiophene rings is 1. The Balaban J connectivity index is 1.67. The Kier molecular flexibility index (Phi) is 7.16. The Morgan fingerprint density at radius 2 is 1.72 bits per heavy atom. The molecule has 1 heterocycles. The lowest BCUT2D eigenvalue weighted by Crippen LogP contribution is -2.25. The Labute approximate surface area is 189 Å². The van der Waals surface area contributed by atoms with E-state index in [1.807, 2.05) is 0 Å². The van der Waals surface area contributed by atoms with Gasteiger partial charge in [0.1, 0.15) is 15.7 Å². The number of ketones is 1. The van der Waals surface area contributed by atoms with Crippen LogP contribution < -0.4 is 14.2 Å². The number of hydrogen-bond donors (Lipinski definition) is 1. The quantitative estimate of drug-likeness (QED) is 0.368. The lowest BCUT2D eigenvalue weighted by atomic mass is 10.1. The number of nitrogens with one attached hydrogen (secondary N) is 1. The molecule has 2 aromatic carbocycles. The molecule has 8 nitrogen and oxygen atoms in total. The van der Waals surface area contributed by atoms with Crippen LogP contribution >= 0.6 is 11.3 Å². The summed E-state index contributed by atoms with van der Waals surface area (Å²) in [5.74, 6) is -0.318. The third kappa shape index (κ3) is 5.27. The van der Waals surface area contributed by atoms with E-state index in [0.717, 1.165) is 11.3 Å². The molecule has 0 aliphatic carbocycles. The predicted octanol–water partition coefficient (Wildman–Crippen LogP) is 3.99. The van der Waals surface area contributed by atoms with E-state index >= 15 is 0 Å². The molecular formula is C22H21NO7S2. The molecule has 3 rings (SSSR count). The molecule has 0 radical (unpaired) electrons. The SMILES string of the molecule is COc1ccc(C(=O)[C@H](C)OC(=O)c2ccc(NS(=O)(=O)c3cccs3)cc2)c(OC)c1. The third-order valence-electron chi connectivity index (χ3n) is 4.46. The van der Waals surface area contributed by atoms with Crippen LogP contribution in [0, 0.1) is 0 Å². The van der Waals surface area contributed by atoms with E-state index in [4.69, 9.17) is 14.2 Å². The van der Waals surface area contributed by atoms with Crippen molar-refractivity contribution < 1.29 is 32.2 Å². The van der Waals surface area contributed by atoms with Crippen LogP contribution in [0.4, 0.5) is 5.69 Å². The van der Waals surface area contributed by atoms with Crippen LogP contribution in [0.5, 0.6) is 11.5 Å². The highest BCUT2D eigenvalue weighted by molar-refractivity contribution is 7.94. The van der Waals surface area contributed by atoms with Gasteiger partial charge < -0.3 is 14.2 Å². The number of ether oxygens (including phenoxy) is 3. The van der Waals surface area contributed by atoms with E-state index in [9.17, 15) is 18.0 Å². The van der Waals surface area contributed by atoms with Crippen molar-refractivity contribution in [1.82, 2.24) is 0 Å². The van der Waals surface area contributed by atoms with Crippen LogP contribution in [-0.4, -0.2) is 40.5 Å². The molecule has 0 aliphatic heterocycles. The van der Waals surface area contributed by atoms with E-state index in [2.05, 4.69) is 4.72 Å². The molecule has 0 unspecified atom stereocenters. The molecule has 168 valence electrons. The number of hydrogen-bond acceptors (Lipinski definition) is 8. The number of esters is 1. The summed E-state index contributed by atoms with van der Waals surface area (Å²) in [5.41, 5.74) is 0.722. The summed E-state index contributed by atoms with van der Waals surface area (Å²) in [4.78, 5) is 25.2. The number of carbonyl (C=O) groups is 2. The second kappa shape index (κ2) is 9.84. The van der Waals surface area contributed by atoms with E-state index in [1.165, 1.54) is 51.5 Å². The number of sulfonamides is 1. The second-order valence-electron chi connectivity index (χ2n) is 6.59. The van der Waals surface area contributed by atoms with E-state index in [0.29, 0.717) is 17.2 Å². The minimum absolute atomic E-state index is 0.172. The van der Waals surface area contributed by atoms with Crippen LogP contribution in [0.1, 0.15) is 27.6 Å². The van der Waals surface area contributed by atoms with Gasteiger partial charge in [-0.2, -0.15) is 0 Å². The summed E-state index contributed by atoms with van der Waals surface area (Å²) in [6, 6.07) is 13.6. The lowest BCUT2D eigenvalue weighted by Gasteiger charge is -2.15. The van der Waals surface area contributed by atoms with Crippen molar-refractivity contribution in [3.63, 3.8) is 0 Å². The molecule has 0 saturated heterocycles.